The van der Waals surface area contributed by atoms with E-state index in [2.05, 4.69) is 6.07 Å². The first-order chi connectivity index (χ1) is 7.74. The van der Waals surface area contributed by atoms with Gasteiger partial charge in [0.05, 0.1) is 30.4 Å². The molecule has 0 bridgehead atoms. The second kappa shape index (κ2) is 4.23. The molecule has 82 valence electrons. The first kappa shape index (κ1) is 10.5. The third kappa shape index (κ3) is 1.72. The van der Waals surface area contributed by atoms with Gasteiger partial charge in [-0.05, 0) is 12.1 Å². The third-order valence-corrected chi connectivity index (χ3v) is 2.70. The van der Waals surface area contributed by atoms with E-state index in [1.807, 2.05) is 36.2 Å². The number of hydrogen-bond donors (Lipinski definition) is 0. The predicted octanol–water partition coefficient (Wildman–Crippen LogP) is 1.38. The summed E-state index contributed by atoms with van der Waals surface area (Å²) in [4.78, 5) is 15.5. The summed E-state index contributed by atoms with van der Waals surface area (Å²) in [5.41, 5.74) is 1.94. The molecule has 0 saturated heterocycles. The van der Waals surface area contributed by atoms with Gasteiger partial charge in [0.1, 0.15) is 0 Å². The van der Waals surface area contributed by atoms with Crippen molar-refractivity contribution in [1.29, 1.82) is 5.26 Å². The van der Waals surface area contributed by atoms with Crippen LogP contribution in [0.1, 0.15) is 6.42 Å². The van der Waals surface area contributed by atoms with Gasteiger partial charge in [-0.1, -0.05) is 12.1 Å². The molecule has 0 saturated carbocycles. The summed E-state index contributed by atoms with van der Waals surface area (Å²) < 4.78 is 0. The van der Waals surface area contributed by atoms with Crippen LogP contribution in [-0.2, 0) is 4.79 Å². The van der Waals surface area contributed by atoms with Crippen LogP contribution in [0.25, 0.3) is 0 Å². The molecule has 16 heavy (non-hydrogen) atoms. The third-order valence-electron chi connectivity index (χ3n) is 2.70. The number of anilines is 2. The van der Waals surface area contributed by atoms with E-state index in [1.165, 1.54) is 0 Å². The van der Waals surface area contributed by atoms with Crippen molar-refractivity contribution >= 4 is 17.3 Å². The highest BCUT2D eigenvalue weighted by Crippen LogP contribution is 2.32. The highest BCUT2D eigenvalue weighted by molar-refractivity contribution is 6.03. The molecule has 0 aliphatic carbocycles. The van der Waals surface area contributed by atoms with Crippen LogP contribution in [-0.4, -0.2) is 26.0 Å². The zero-order chi connectivity index (χ0) is 11.5. The summed E-state index contributed by atoms with van der Waals surface area (Å²) in [6, 6.07) is 9.83. The van der Waals surface area contributed by atoms with Gasteiger partial charge in [0.2, 0.25) is 5.91 Å². The molecule has 0 radical (unpaired) electrons. The highest BCUT2D eigenvalue weighted by atomic mass is 16.2. The zero-order valence-corrected chi connectivity index (χ0v) is 9.18. The number of nitriles is 1. The maximum absolute atomic E-state index is 11.8. The first-order valence-electron chi connectivity index (χ1n) is 5.21. The van der Waals surface area contributed by atoms with Crippen LogP contribution in [0.3, 0.4) is 0 Å². The fourth-order valence-electron chi connectivity index (χ4n) is 1.93. The minimum Gasteiger partial charge on any atom is -0.364 e. The summed E-state index contributed by atoms with van der Waals surface area (Å²) in [5.74, 6) is 0.0523. The lowest BCUT2D eigenvalue weighted by Gasteiger charge is -2.34. The molecule has 0 unspecified atom stereocenters. The number of likely N-dealkylation sites (N-methyl/N-ethyl adjacent to an activating group) is 1. The molecule has 0 spiro atoms. The van der Waals surface area contributed by atoms with E-state index in [9.17, 15) is 4.79 Å². The van der Waals surface area contributed by atoms with E-state index in [0.717, 1.165) is 11.4 Å². The average molecular weight is 215 g/mol. The Morgan fingerprint density at radius 1 is 1.38 bits per heavy atom. The van der Waals surface area contributed by atoms with Crippen molar-refractivity contribution in [2.45, 2.75) is 6.42 Å². The van der Waals surface area contributed by atoms with Gasteiger partial charge in [0, 0.05) is 13.6 Å². The minimum absolute atomic E-state index is 0.0523. The minimum atomic E-state index is 0.0523. The van der Waals surface area contributed by atoms with Gasteiger partial charge in [-0.15, -0.1) is 0 Å². The number of para-hydroxylation sites is 2. The average Bonchev–Trinajstić information content (AvgIpc) is 2.29. The van der Waals surface area contributed by atoms with Gasteiger partial charge in [0.25, 0.3) is 0 Å². The second-order valence-corrected chi connectivity index (χ2v) is 3.80. The number of hydrogen-bond acceptors (Lipinski definition) is 3. The van der Waals surface area contributed by atoms with Crippen molar-refractivity contribution < 1.29 is 4.79 Å². The molecule has 1 aliphatic rings. The van der Waals surface area contributed by atoms with Crippen molar-refractivity contribution in [2.24, 2.45) is 0 Å². The number of benzene rings is 1. The Labute approximate surface area is 94.7 Å². The van der Waals surface area contributed by atoms with E-state index in [-0.39, 0.29) is 5.91 Å². The monoisotopic (exact) mass is 215 g/mol. The number of carbonyl (C=O) groups excluding carboxylic acids is 1. The molecule has 0 fully saturated rings. The lowest BCUT2D eigenvalue weighted by molar-refractivity contribution is -0.117. The molecule has 1 heterocycles. The smallest absolute Gasteiger partial charge is 0.246 e. The van der Waals surface area contributed by atoms with Crippen LogP contribution < -0.4 is 9.80 Å². The molecule has 1 aromatic carbocycles. The van der Waals surface area contributed by atoms with E-state index in [4.69, 9.17) is 5.26 Å². The maximum Gasteiger partial charge on any atom is 0.246 e. The summed E-state index contributed by atoms with van der Waals surface area (Å²) in [6.07, 6.45) is 0.365. The molecule has 4 nitrogen and oxygen atoms in total. The molecule has 1 amide bonds. The Morgan fingerprint density at radius 2 is 2.06 bits per heavy atom. The fraction of sp³-hybridized carbons (Fsp3) is 0.333. The number of rotatable bonds is 2. The number of carbonyl (C=O) groups is 1. The Morgan fingerprint density at radius 3 is 2.75 bits per heavy atom. The molecule has 0 aromatic heterocycles. The van der Waals surface area contributed by atoms with Crippen LogP contribution in [0.2, 0.25) is 0 Å². The maximum atomic E-state index is 11.8. The lowest BCUT2D eigenvalue weighted by Crippen LogP contribution is -2.44. The Balaban J connectivity index is 2.36. The topological polar surface area (TPSA) is 47.3 Å². The molecule has 0 atom stereocenters. The molecule has 1 aliphatic heterocycles. The zero-order valence-electron chi connectivity index (χ0n) is 9.18. The molecular formula is C12H13N3O. The Kier molecular flexibility index (Phi) is 2.78. The van der Waals surface area contributed by atoms with Crippen LogP contribution in [0.5, 0.6) is 0 Å². The van der Waals surface area contributed by atoms with Crippen molar-refractivity contribution in [1.82, 2.24) is 0 Å². The number of nitrogens with zero attached hydrogens (tertiary/aromatic N) is 3. The predicted molar refractivity (Wildman–Crippen MR) is 62.3 cm³/mol. The number of amides is 1. The van der Waals surface area contributed by atoms with Crippen LogP contribution >= 0.6 is 0 Å². The van der Waals surface area contributed by atoms with E-state index in [0.29, 0.717) is 19.5 Å². The van der Waals surface area contributed by atoms with Gasteiger partial charge in [-0.2, -0.15) is 5.26 Å². The summed E-state index contributed by atoms with van der Waals surface area (Å²) >= 11 is 0. The van der Waals surface area contributed by atoms with Crippen LogP contribution in [0.15, 0.2) is 24.3 Å². The van der Waals surface area contributed by atoms with E-state index in [1.54, 1.807) is 4.90 Å². The number of fused-ring (bicyclic) bond motifs is 1. The fourth-order valence-corrected chi connectivity index (χ4v) is 1.93. The molecule has 1 aromatic rings. The van der Waals surface area contributed by atoms with Crippen molar-refractivity contribution in [2.75, 3.05) is 29.9 Å². The summed E-state index contributed by atoms with van der Waals surface area (Å²) in [7, 11) is 1.90. The summed E-state index contributed by atoms with van der Waals surface area (Å²) in [5, 5.41) is 8.58. The summed E-state index contributed by atoms with van der Waals surface area (Å²) in [6.45, 7) is 0.850. The lowest BCUT2D eigenvalue weighted by atomic mass is 10.1. The van der Waals surface area contributed by atoms with E-state index < -0.39 is 0 Å². The van der Waals surface area contributed by atoms with Crippen molar-refractivity contribution in [3.63, 3.8) is 0 Å². The highest BCUT2D eigenvalue weighted by Gasteiger charge is 2.26. The van der Waals surface area contributed by atoms with Gasteiger partial charge in [-0.3, -0.25) is 4.79 Å². The normalized spacial score (nSPS) is 14.6. The molecule has 4 heteroatoms. The Hall–Kier alpha value is -2.02. The van der Waals surface area contributed by atoms with E-state index >= 15 is 0 Å². The standard InChI is InChI=1S/C12H13N3O/c1-14-9-12(16)15(8-4-7-13)11-6-3-2-5-10(11)14/h2-3,5-6H,4,8-9H2,1H3. The quantitative estimate of drug-likeness (QED) is 0.748. The van der Waals surface area contributed by atoms with Crippen molar-refractivity contribution in [3.8, 4) is 6.07 Å². The van der Waals surface area contributed by atoms with Gasteiger partial charge < -0.3 is 9.80 Å². The van der Waals surface area contributed by atoms with Gasteiger partial charge in [-0.25, -0.2) is 0 Å². The second-order valence-electron chi connectivity index (χ2n) is 3.80. The van der Waals surface area contributed by atoms with Crippen LogP contribution in [0, 0.1) is 11.3 Å². The first-order valence-corrected chi connectivity index (χ1v) is 5.21. The molecule has 0 N–H and O–H groups in total. The Bertz CT molecular complexity index is 450. The largest absolute Gasteiger partial charge is 0.364 e. The van der Waals surface area contributed by atoms with Crippen LogP contribution in [0.4, 0.5) is 11.4 Å². The molecular weight excluding hydrogens is 202 g/mol. The van der Waals surface area contributed by atoms with Gasteiger partial charge in [0.15, 0.2) is 0 Å². The van der Waals surface area contributed by atoms with Crippen molar-refractivity contribution in [3.05, 3.63) is 24.3 Å². The van der Waals surface area contributed by atoms with Gasteiger partial charge >= 0.3 is 0 Å². The molecule has 2 rings (SSSR count). The SMILES string of the molecule is CN1CC(=O)N(CCC#N)c2ccccc21.